The number of amides is 1. The minimum atomic E-state index is 0.162. The first-order chi connectivity index (χ1) is 9.15. The van der Waals surface area contributed by atoms with Crippen molar-refractivity contribution < 1.29 is 4.79 Å². The molecule has 0 aromatic carbocycles. The molecule has 19 heavy (non-hydrogen) atoms. The van der Waals surface area contributed by atoms with E-state index in [-0.39, 0.29) is 11.8 Å². The second kappa shape index (κ2) is 6.66. The van der Waals surface area contributed by atoms with E-state index in [4.69, 9.17) is 0 Å². The molecule has 2 rings (SSSR count). The maximum Gasteiger partial charge on any atom is 0.227 e. The maximum atomic E-state index is 12.2. The van der Waals surface area contributed by atoms with Crippen LogP contribution < -0.4 is 5.32 Å². The number of carbonyl (C=O) groups excluding carboxylic acids is 1. The molecule has 0 spiro atoms. The van der Waals surface area contributed by atoms with Crippen molar-refractivity contribution in [3.63, 3.8) is 0 Å². The monoisotopic (exact) mass is 261 g/mol. The van der Waals surface area contributed by atoms with Crippen molar-refractivity contribution >= 4 is 11.6 Å². The molecule has 1 amide bonds. The fourth-order valence-electron chi connectivity index (χ4n) is 2.80. The van der Waals surface area contributed by atoms with Gasteiger partial charge in [-0.1, -0.05) is 0 Å². The molecule has 1 N–H and O–H groups in total. The molecular formula is C15H23N3O. The Morgan fingerprint density at radius 2 is 1.89 bits per heavy atom. The highest BCUT2D eigenvalue weighted by Gasteiger charge is 2.26. The van der Waals surface area contributed by atoms with Crippen molar-refractivity contribution in [3.8, 4) is 0 Å². The summed E-state index contributed by atoms with van der Waals surface area (Å²) < 4.78 is 0. The molecule has 1 heterocycles. The van der Waals surface area contributed by atoms with E-state index in [2.05, 4.69) is 29.3 Å². The lowest BCUT2D eigenvalue weighted by atomic mass is 9.81. The van der Waals surface area contributed by atoms with Crippen molar-refractivity contribution in [3.05, 3.63) is 24.5 Å². The molecule has 1 aliphatic carbocycles. The number of hydrogen-bond donors (Lipinski definition) is 1. The number of pyridine rings is 1. The largest absolute Gasteiger partial charge is 0.326 e. The number of nitrogens with zero attached hydrogens (tertiary/aromatic N) is 2. The minimum absolute atomic E-state index is 0.162. The summed E-state index contributed by atoms with van der Waals surface area (Å²) in [6.45, 7) is 1.14. The fraction of sp³-hybridized carbons (Fsp3) is 0.600. The van der Waals surface area contributed by atoms with Gasteiger partial charge in [0, 0.05) is 30.5 Å². The molecule has 4 heteroatoms. The van der Waals surface area contributed by atoms with Gasteiger partial charge < -0.3 is 10.2 Å². The molecule has 4 nitrogen and oxygen atoms in total. The number of nitrogens with one attached hydrogen (secondary N) is 1. The van der Waals surface area contributed by atoms with Gasteiger partial charge in [0.1, 0.15) is 0 Å². The third-order valence-corrected chi connectivity index (χ3v) is 3.79. The normalized spacial score (nSPS) is 23.3. The third-order valence-electron chi connectivity index (χ3n) is 3.79. The molecular weight excluding hydrogens is 238 g/mol. The Hall–Kier alpha value is -1.42. The van der Waals surface area contributed by atoms with E-state index in [1.54, 1.807) is 12.4 Å². The van der Waals surface area contributed by atoms with E-state index in [1.807, 2.05) is 12.1 Å². The molecule has 0 unspecified atom stereocenters. The first-order valence-corrected chi connectivity index (χ1v) is 7.01. The van der Waals surface area contributed by atoms with Gasteiger partial charge in [-0.3, -0.25) is 9.78 Å². The number of hydrogen-bond acceptors (Lipinski definition) is 3. The van der Waals surface area contributed by atoms with Crippen LogP contribution in [-0.2, 0) is 4.79 Å². The smallest absolute Gasteiger partial charge is 0.227 e. The Kier molecular flexibility index (Phi) is 4.91. The molecule has 0 bridgehead atoms. The van der Waals surface area contributed by atoms with Crippen molar-refractivity contribution in [1.82, 2.24) is 9.88 Å². The average molecular weight is 261 g/mol. The van der Waals surface area contributed by atoms with Gasteiger partial charge in [-0.05, 0) is 57.8 Å². The second-order valence-electron chi connectivity index (χ2n) is 5.71. The zero-order valence-corrected chi connectivity index (χ0v) is 11.8. The van der Waals surface area contributed by atoms with Gasteiger partial charge in [-0.15, -0.1) is 0 Å². The van der Waals surface area contributed by atoms with Gasteiger partial charge in [-0.2, -0.15) is 0 Å². The van der Waals surface area contributed by atoms with Crippen LogP contribution in [0.3, 0.4) is 0 Å². The van der Waals surface area contributed by atoms with Crippen molar-refractivity contribution in [2.24, 2.45) is 11.8 Å². The van der Waals surface area contributed by atoms with Crippen molar-refractivity contribution in [1.29, 1.82) is 0 Å². The number of carbonyl (C=O) groups is 1. The lowest BCUT2D eigenvalue weighted by Gasteiger charge is -2.29. The van der Waals surface area contributed by atoms with Gasteiger partial charge in [0.2, 0.25) is 5.91 Å². The Morgan fingerprint density at radius 3 is 2.47 bits per heavy atom. The molecule has 1 aromatic heterocycles. The van der Waals surface area contributed by atoms with E-state index in [0.717, 1.165) is 43.8 Å². The van der Waals surface area contributed by atoms with Gasteiger partial charge in [0.25, 0.3) is 0 Å². The molecule has 0 aliphatic heterocycles. The summed E-state index contributed by atoms with van der Waals surface area (Å²) in [5.74, 6) is 1.08. The zero-order chi connectivity index (χ0) is 13.7. The van der Waals surface area contributed by atoms with Crippen LogP contribution in [0.5, 0.6) is 0 Å². The molecule has 1 saturated carbocycles. The van der Waals surface area contributed by atoms with Gasteiger partial charge in [0.05, 0.1) is 0 Å². The highest BCUT2D eigenvalue weighted by molar-refractivity contribution is 5.92. The highest BCUT2D eigenvalue weighted by atomic mass is 16.1. The second-order valence-corrected chi connectivity index (χ2v) is 5.71. The quantitative estimate of drug-likeness (QED) is 0.905. The molecule has 0 radical (unpaired) electrons. The summed E-state index contributed by atoms with van der Waals surface area (Å²) in [7, 11) is 4.23. The van der Waals surface area contributed by atoms with E-state index < -0.39 is 0 Å². The molecule has 1 aromatic rings. The summed E-state index contributed by atoms with van der Waals surface area (Å²) in [6, 6.07) is 3.66. The molecule has 0 atom stereocenters. The third kappa shape index (κ3) is 4.31. The summed E-state index contributed by atoms with van der Waals surface area (Å²) in [5.41, 5.74) is 0.843. The van der Waals surface area contributed by atoms with Gasteiger partial charge in [0.15, 0.2) is 0 Å². The topological polar surface area (TPSA) is 45.2 Å². The van der Waals surface area contributed by atoms with Crippen LogP contribution in [0.25, 0.3) is 0 Å². The average Bonchev–Trinajstić information content (AvgIpc) is 2.40. The summed E-state index contributed by atoms with van der Waals surface area (Å²) in [6.07, 6.45) is 7.73. The predicted molar refractivity (Wildman–Crippen MR) is 76.9 cm³/mol. The molecule has 1 fully saturated rings. The summed E-state index contributed by atoms with van der Waals surface area (Å²) >= 11 is 0. The van der Waals surface area contributed by atoms with Crippen molar-refractivity contribution in [2.75, 3.05) is 26.0 Å². The Balaban J connectivity index is 1.79. The summed E-state index contributed by atoms with van der Waals surface area (Å²) in [5, 5.41) is 2.98. The van der Waals surface area contributed by atoms with Crippen LogP contribution in [0.4, 0.5) is 5.69 Å². The lowest BCUT2D eigenvalue weighted by molar-refractivity contribution is -0.121. The predicted octanol–water partition coefficient (Wildman–Crippen LogP) is 2.39. The standard InChI is InChI=1S/C15H23N3O/c1-18(2)11-12-3-5-13(6-4-12)15(19)17-14-7-9-16-10-8-14/h7-10,12-13H,3-6,11H2,1-2H3,(H,16,17,19)/t12-,13-. The van der Waals surface area contributed by atoms with E-state index in [1.165, 1.54) is 0 Å². The Bertz CT molecular complexity index is 397. The minimum Gasteiger partial charge on any atom is -0.326 e. The van der Waals surface area contributed by atoms with Crippen LogP contribution >= 0.6 is 0 Å². The first kappa shape index (κ1) is 14.0. The fourth-order valence-corrected chi connectivity index (χ4v) is 2.80. The Morgan fingerprint density at radius 1 is 1.26 bits per heavy atom. The molecule has 104 valence electrons. The Labute approximate surface area is 115 Å². The number of anilines is 1. The maximum absolute atomic E-state index is 12.2. The van der Waals surface area contributed by atoms with Crippen LogP contribution in [-0.4, -0.2) is 36.4 Å². The highest BCUT2D eigenvalue weighted by Crippen LogP contribution is 2.29. The van der Waals surface area contributed by atoms with Gasteiger partial charge in [-0.25, -0.2) is 0 Å². The molecule has 0 saturated heterocycles. The molecule has 1 aliphatic rings. The number of aromatic nitrogens is 1. The summed E-state index contributed by atoms with van der Waals surface area (Å²) in [4.78, 5) is 18.3. The number of rotatable bonds is 4. The van der Waals surface area contributed by atoms with E-state index >= 15 is 0 Å². The van der Waals surface area contributed by atoms with Crippen LogP contribution in [0, 0.1) is 11.8 Å². The van der Waals surface area contributed by atoms with E-state index in [9.17, 15) is 4.79 Å². The van der Waals surface area contributed by atoms with Crippen LogP contribution in [0.2, 0.25) is 0 Å². The SMILES string of the molecule is CN(C)C[C@H]1CC[C@H](C(=O)Nc2ccncc2)CC1. The first-order valence-electron chi connectivity index (χ1n) is 7.01. The van der Waals surface area contributed by atoms with Crippen molar-refractivity contribution in [2.45, 2.75) is 25.7 Å². The van der Waals surface area contributed by atoms with Gasteiger partial charge >= 0.3 is 0 Å². The lowest BCUT2D eigenvalue weighted by Crippen LogP contribution is -2.30. The van der Waals surface area contributed by atoms with Crippen LogP contribution in [0.15, 0.2) is 24.5 Å². The van der Waals surface area contributed by atoms with E-state index in [0.29, 0.717) is 0 Å². The van der Waals surface area contributed by atoms with Crippen LogP contribution in [0.1, 0.15) is 25.7 Å². The zero-order valence-electron chi connectivity index (χ0n) is 11.8.